The second kappa shape index (κ2) is 5.77. The molecule has 2 rings (SSSR count). The van der Waals surface area contributed by atoms with Gasteiger partial charge in [0.25, 0.3) is 10.0 Å². The first-order chi connectivity index (χ1) is 9.55. The highest BCUT2D eigenvalue weighted by atomic mass is 32.2. The largest absolute Gasteiger partial charge is 0.446 e. The van der Waals surface area contributed by atoms with E-state index in [2.05, 4.69) is 10.0 Å². The van der Waals surface area contributed by atoms with Crippen molar-refractivity contribution >= 4 is 15.7 Å². The number of nitriles is 1. The van der Waals surface area contributed by atoms with E-state index in [9.17, 15) is 8.42 Å². The van der Waals surface area contributed by atoms with E-state index in [1.54, 1.807) is 30.3 Å². The molecule has 0 unspecified atom stereocenters. The van der Waals surface area contributed by atoms with Gasteiger partial charge in [0.05, 0.1) is 18.2 Å². The number of anilines is 1. The first kappa shape index (κ1) is 14.1. The summed E-state index contributed by atoms with van der Waals surface area (Å²) in [5, 5.41) is 11.7. The minimum Gasteiger partial charge on any atom is -0.446 e. The zero-order chi connectivity index (χ0) is 14.6. The summed E-state index contributed by atoms with van der Waals surface area (Å²) in [6, 6.07) is 12.0. The fourth-order valence-corrected chi connectivity index (χ4v) is 2.22. The molecule has 1 aromatic carbocycles. The summed E-state index contributed by atoms with van der Waals surface area (Å²) >= 11 is 0. The van der Waals surface area contributed by atoms with Crippen molar-refractivity contribution in [3.05, 3.63) is 47.7 Å². The molecule has 2 N–H and O–H groups in total. The number of benzene rings is 1. The van der Waals surface area contributed by atoms with E-state index < -0.39 is 10.0 Å². The molecule has 0 amide bonds. The van der Waals surface area contributed by atoms with Crippen LogP contribution in [0.3, 0.4) is 0 Å². The SMILES string of the molecule is CNS(=O)(=O)c1ccc(CNc2ccc(C#N)cc2)o1. The summed E-state index contributed by atoms with van der Waals surface area (Å²) in [5.41, 5.74) is 1.40. The zero-order valence-electron chi connectivity index (χ0n) is 10.8. The van der Waals surface area contributed by atoms with E-state index in [-0.39, 0.29) is 5.09 Å². The fraction of sp³-hybridized carbons (Fsp3) is 0.154. The lowest BCUT2D eigenvalue weighted by Gasteiger charge is -2.04. The predicted octanol–water partition coefficient (Wildman–Crippen LogP) is 1.67. The molecule has 1 heterocycles. The summed E-state index contributed by atoms with van der Waals surface area (Å²) in [5.74, 6) is 0.503. The smallest absolute Gasteiger partial charge is 0.273 e. The minimum atomic E-state index is -3.55. The van der Waals surface area contributed by atoms with Crippen LogP contribution in [0.1, 0.15) is 11.3 Å². The fourth-order valence-electron chi connectivity index (χ4n) is 1.55. The van der Waals surface area contributed by atoms with Crippen LogP contribution in [-0.2, 0) is 16.6 Å². The van der Waals surface area contributed by atoms with Crippen LogP contribution in [0.5, 0.6) is 0 Å². The Labute approximate surface area is 117 Å². The van der Waals surface area contributed by atoms with E-state index in [0.29, 0.717) is 17.9 Å². The van der Waals surface area contributed by atoms with E-state index in [1.807, 2.05) is 6.07 Å². The number of hydrogen-bond donors (Lipinski definition) is 2. The van der Waals surface area contributed by atoms with Gasteiger partial charge in [0.1, 0.15) is 5.76 Å². The van der Waals surface area contributed by atoms with Crippen LogP contribution in [0.4, 0.5) is 5.69 Å². The molecule has 2 aromatic rings. The molecule has 0 fully saturated rings. The van der Waals surface area contributed by atoms with E-state index in [0.717, 1.165) is 5.69 Å². The van der Waals surface area contributed by atoms with Gasteiger partial charge in [-0.1, -0.05) is 0 Å². The summed E-state index contributed by atoms with van der Waals surface area (Å²) in [7, 11) is -2.22. The van der Waals surface area contributed by atoms with Crippen molar-refractivity contribution in [2.75, 3.05) is 12.4 Å². The topological polar surface area (TPSA) is 95.1 Å². The average Bonchev–Trinajstić information content (AvgIpc) is 2.95. The second-order valence-electron chi connectivity index (χ2n) is 3.97. The molecule has 0 radical (unpaired) electrons. The van der Waals surface area contributed by atoms with Crippen molar-refractivity contribution in [2.45, 2.75) is 11.6 Å². The Kier molecular flexibility index (Phi) is 4.08. The molecule has 0 atom stereocenters. The molecule has 0 saturated heterocycles. The molecule has 0 saturated carbocycles. The molecular weight excluding hydrogens is 278 g/mol. The van der Waals surface area contributed by atoms with Crippen molar-refractivity contribution in [3.8, 4) is 6.07 Å². The van der Waals surface area contributed by atoms with Gasteiger partial charge in [-0.3, -0.25) is 0 Å². The molecule has 0 aliphatic rings. The van der Waals surface area contributed by atoms with Gasteiger partial charge in [-0.05, 0) is 43.4 Å². The maximum absolute atomic E-state index is 11.5. The zero-order valence-corrected chi connectivity index (χ0v) is 11.6. The van der Waals surface area contributed by atoms with E-state index >= 15 is 0 Å². The highest BCUT2D eigenvalue weighted by Gasteiger charge is 2.15. The predicted molar refractivity (Wildman–Crippen MR) is 73.4 cm³/mol. The average molecular weight is 291 g/mol. The van der Waals surface area contributed by atoms with Gasteiger partial charge < -0.3 is 9.73 Å². The lowest BCUT2D eigenvalue weighted by molar-refractivity contribution is 0.417. The van der Waals surface area contributed by atoms with Crippen LogP contribution < -0.4 is 10.0 Å². The van der Waals surface area contributed by atoms with Crippen LogP contribution in [0.25, 0.3) is 0 Å². The van der Waals surface area contributed by atoms with Gasteiger partial charge in [0, 0.05) is 5.69 Å². The summed E-state index contributed by atoms with van der Waals surface area (Å²) in [6.07, 6.45) is 0. The molecule has 0 aliphatic heterocycles. The summed E-state index contributed by atoms with van der Waals surface area (Å²) in [6.45, 7) is 0.352. The Morgan fingerprint density at radius 1 is 1.20 bits per heavy atom. The Balaban J connectivity index is 2.03. The van der Waals surface area contributed by atoms with E-state index in [1.165, 1.54) is 13.1 Å². The monoisotopic (exact) mass is 291 g/mol. The Hall–Kier alpha value is -2.30. The van der Waals surface area contributed by atoms with Crippen molar-refractivity contribution in [2.24, 2.45) is 0 Å². The Bertz CT molecular complexity index is 727. The molecule has 20 heavy (non-hydrogen) atoms. The number of hydrogen-bond acceptors (Lipinski definition) is 5. The number of furan rings is 1. The van der Waals surface area contributed by atoms with Crippen LogP contribution in [0.15, 0.2) is 45.9 Å². The van der Waals surface area contributed by atoms with Crippen LogP contribution in [0, 0.1) is 11.3 Å². The van der Waals surface area contributed by atoms with Gasteiger partial charge in [-0.15, -0.1) is 0 Å². The van der Waals surface area contributed by atoms with Crippen molar-refractivity contribution in [3.63, 3.8) is 0 Å². The molecule has 104 valence electrons. The van der Waals surface area contributed by atoms with Crippen molar-refractivity contribution in [1.82, 2.24) is 4.72 Å². The number of rotatable bonds is 5. The quantitative estimate of drug-likeness (QED) is 0.873. The third-order valence-corrected chi connectivity index (χ3v) is 3.94. The van der Waals surface area contributed by atoms with Gasteiger partial charge >= 0.3 is 0 Å². The molecule has 7 heteroatoms. The maximum Gasteiger partial charge on any atom is 0.273 e. The van der Waals surface area contributed by atoms with Crippen LogP contribution >= 0.6 is 0 Å². The van der Waals surface area contributed by atoms with E-state index in [4.69, 9.17) is 9.68 Å². The number of nitrogens with zero attached hydrogens (tertiary/aromatic N) is 1. The number of sulfonamides is 1. The van der Waals surface area contributed by atoms with Crippen molar-refractivity contribution in [1.29, 1.82) is 5.26 Å². The standard InChI is InChI=1S/C13H13N3O3S/c1-15-20(17,18)13-7-6-12(19-13)9-16-11-4-2-10(8-14)3-5-11/h2-7,15-16H,9H2,1H3. The maximum atomic E-state index is 11.5. The first-order valence-corrected chi connectivity index (χ1v) is 7.30. The molecule has 0 spiro atoms. The molecule has 1 aromatic heterocycles. The highest BCUT2D eigenvalue weighted by Crippen LogP contribution is 2.15. The molecule has 0 aliphatic carbocycles. The normalized spacial score (nSPS) is 11.0. The van der Waals surface area contributed by atoms with Gasteiger partial charge in [-0.2, -0.15) is 5.26 Å². The third-order valence-electron chi connectivity index (χ3n) is 2.65. The van der Waals surface area contributed by atoms with Gasteiger partial charge in [0.2, 0.25) is 5.09 Å². The summed E-state index contributed by atoms with van der Waals surface area (Å²) < 4.78 is 30.4. The van der Waals surface area contributed by atoms with Gasteiger partial charge in [0.15, 0.2) is 0 Å². The number of nitrogens with one attached hydrogen (secondary N) is 2. The minimum absolute atomic E-state index is 0.114. The van der Waals surface area contributed by atoms with Gasteiger partial charge in [-0.25, -0.2) is 13.1 Å². The van der Waals surface area contributed by atoms with Crippen LogP contribution in [0.2, 0.25) is 0 Å². The third kappa shape index (κ3) is 3.17. The second-order valence-corrected chi connectivity index (χ2v) is 5.79. The highest BCUT2D eigenvalue weighted by molar-refractivity contribution is 7.89. The summed E-state index contributed by atoms with van der Waals surface area (Å²) in [4.78, 5) is 0. The molecule has 6 nitrogen and oxygen atoms in total. The molecular formula is C13H13N3O3S. The lowest BCUT2D eigenvalue weighted by atomic mass is 10.2. The lowest BCUT2D eigenvalue weighted by Crippen LogP contribution is -2.17. The molecule has 0 bridgehead atoms. The van der Waals surface area contributed by atoms with Crippen LogP contribution in [-0.4, -0.2) is 15.5 Å². The first-order valence-electron chi connectivity index (χ1n) is 5.81. The Morgan fingerprint density at radius 3 is 2.50 bits per heavy atom. The van der Waals surface area contributed by atoms with Crippen molar-refractivity contribution < 1.29 is 12.8 Å². The Morgan fingerprint density at radius 2 is 1.90 bits per heavy atom.